The molecule has 1 aliphatic rings. The first kappa shape index (κ1) is 23.3. The van der Waals surface area contributed by atoms with Crippen LogP contribution < -0.4 is 11.1 Å². The molecular weight excluding hydrogens is 434 g/mol. The molecule has 2 aromatic carbocycles. The number of benzene rings is 2. The standard InChI is InChI=1S/C22H27N3O4S2/c23-10-13-30-16-20(22(27)25-11-14-31(28,29)15-12-25)24-21(26)19-8-6-18(7-9-19)17-4-2-1-3-5-17/h1-9,20H,10-16,23H2,(H,24,26)/t20-/m0/s1. The van der Waals surface area contributed by atoms with E-state index in [9.17, 15) is 18.0 Å². The summed E-state index contributed by atoms with van der Waals surface area (Å²) >= 11 is 1.48. The molecule has 0 aromatic heterocycles. The number of sulfone groups is 1. The molecule has 0 unspecified atom stereocenters. The lowest BCUT2D eigenvalue weighted by Gasteiger charge is -2.30. The Hall–Kier alpha value is -2.36. The van der Waals surface area contributed by atoms with E-state index in [4.69, 9.17) is 5.73 Å². The first-order valence-electron chi connectivity index (χ1n) is 10.1. The Balaban J connectivity index is 1.68. The van der Waals surface area contributed by atoms with Gasteiger partial charge in [-0.3, -0.25) is 9.59 Å². The third-order valence-electron chi connectivity index (χ3n) is 5.06. The highest BCUT2D eigenvalue weighted by molar-refractivity contribution is 7.99. The van der Waals surface area contributed by atoms with Gasteiger partial charge in [-0.1, -0.05) is 42.5 Å². The van der Waals surface area contributed by atoms with Crippen molar-refractivity contribution in [3.8, 4) is 11.1 Å². The Morgan fingerprint density at radius 3 is 2.23 bits per heavy atom. The van der Waals surface area contributed by atoms with E-state index in [1.807, 2.05) is 42.5 Å². The molecule has 166 valence electrons. The maximum atomic E-state index is 13.0. The van der Waals surface area contributed by atoms with E-state index in [0.717, 1.165) is 11.1 Å². The fourth-order valence-electron chi connectivity index (χ4n) is 3.30. The summed E-state index contributed by atoms with van der Waals surface area (Å²) in [6, 6.07) is 16.3. The Morgan fingerprint density at radius 2 is 1.61 bits per heavy atom. The van der Waals surface area contributed by atoms with E-state index < -0.39 is 15.9 Å². The molecule has 1 atom stereocenters. The highest BCUT2D eigenvalue weighted by Crippen LogP contribution is 2.19. The van der Waals surface area contributed by atoms with Gasteiger partial charge in [-0.25, -0.2) is 8.42 Å². The molecule has 2 aromatic rings. The molecule has 0 saturated carbocycles. The van der Waals surface area contributed by atoms with Crippen molar-refractivity contribution in [3.63, 3.8) is 0 Å². The van der Waals surface area contributed by atoms with Gasteiger partial charge in [0.15, 0.2) is 9.84 Å². The van der Waals surface area contributed by atoms with Gasteiger partial charge < -0.3 is 16.0 Å². The van der Waals surface area contributed by atoms with Crippen molar-refractivity contribution in [1.82, 2.24) is 10.2 Å². The van der Waals surface area contributed by atoms with Crippen molar-refractivity contribution in [3.05, 3.63) is 60.2 Å². The highest BCUT2D eigenvalue weighted by atomic mass is 32.2. The summed E-state index contributed by atoms with van der Waals surface area (Å²) in [5.74, 6) is 0.365. The zero-order chi connectivity index (χ0) is 22.3. The molecule has 0 radical (unpaired) electrons. The van der Waals surface area contributed by atoms with Crippen LogP contribution in [0.5, 0.6) is 0 Å². The fourth-order valence-corrected chi connectivity index (χ4v) is 5.29. The van der Waals surface area contributed by atoms with Gasteiger partial charge in [-0.2, -0.15) is 11.8 Å². The van der Waals surface area contributed by atoms with E-state index in [0.29, 0.717) is 23.6 Å². The summed E-state index contributed by atoms with van der Waals surface area (Å²) in [5, 5.41) is 2.83. The van der Waals surface area contributed by atoms with Crippen LogP contribution in [-0.4, -0.2) is 73.8 Å². The van der Waals surface area contributed by atoms with E-state index in [1.165, 1.54) is 16.7 Å². The number of nitrogens with one attached hydrogen (secondary N) is 1. The smallest absolute Gasteiger partial charge is 0.251 e. The molecule has 0 aliphatic carbocycles. The lowest BCUT2D eigenvalue weighted by Crippen LogP contribution is -2.53. The topological polar surface area (TPSA) is 110 Å². The van der Waals surface area contributed by atoms with Crippen LogP contribution in [0.1, 0.15) is 10.4 Å². The number of thioether (sulfide) groups is 1. The van der Waals surface area contributed by atoms with Crippen LogP contribution in [0.2, 0.25) is 0 Å². The maximum absolute atomic E-state index is 13.0. The third-order valence-corrected chi connectivity index (χ3v) is 7.76. The van der Waals surface area contributed by atoms with Crippen LogP contribution in [0, 0.1) is 0 Å². The molecule has 3 rings (SSSR count). The fraction of sp³-hybridized carbons (Fsp3) is 0.364. The second-order valence-electron chi connectivity index (χ2n) is 7.31. The second-order valence-corrected chi connectivity index (χ2v) is 10.8. The Labute approximate surface area is 187 Å². The molecule has 0 bridgehead atoms. The molecule has 1 saturated heterocycles. The monoisotopic (exact) mass is 461 g/mol. The minimum Gasteiger partial charge on any atom is -0.339 e. The van der Waals surface area contributed by atoms with Crippen LogP contribution >= 0.6 is 11.8 Å². The minimum absolute atomic E-state index is 0.0453. The summed E-state index contributed by atoms with van der Waals surface area (Å²) in [6.07, 6.45) is 0. The van der Waals surface area contributed by atoms with Gasteiger partial charge >= 0.3 is 0 Å². The maximum Gasteiger partial charge on any atom is 0.251 e. The van der Waals surface area contributed by atoms with Gasteiger partial charge in [0.2, 0.25) is 5.91 Å². The van der Waals surface area contributed by atoms with Crippen LogP contribution in [0.4, 0.5) is 0 Å². The van der Waals surface area contributed by atoms with Crippen molar-refractivity contribution >= 4 is 33.4 Å². The Morgan fingerprint density at radius 1 is 1.00 bits per heavy atom. The predicted molar refractivity (Wildman–Crippen MR) is 125 cm³/mol. The van der Waals surface area contributed by atoms with Crippen molar-refractivity contribution in [2.75, 3.05) is 42.6 Å². The minimum atomic E-state index is -3.09. The van der Waals surface area contributed by atoms with Crippen LogP contribution in [0.3, 0.4) is 0 Å². The molecule has 7 nitrogen and oxygen atoms in total. The SMILES string of the molecule is NCCSC[C@H](NC(=O)c1ccc(-c2ccccc2)cc1)C(=O)N1CCS(=O)(=O)CC1. The normalized spacial score (nSPS) is 16.5. The lowest BCUT2D eigenvalue weighted by molar-refractivity contribution is -0.132. The molecule has 1 aliphatic heterocycles. The van der Waals surface area contributed by atoms with Gasteiger partial charge in [0, 0.05) is 36.7 Å². The predicted octanol–water partition coefficient (Wildman–Crippen LogP) is 1.40. The zero-order valence-corrected chi connectivity index (χ0v) is 18.8. The third kappa shape index (κ3) is 6.56. The number of nitrogens with two attached hydrogens (primary N) is 1. The second kappa shape index (κ2) is 10.8. The Kier molecular flexibility index (Phi) is 8.11. The first-order chi connectivity index (χ1) is 14.9. The molecule has 1 fully saturated rings. The van der Waals surface area contributed by atoms with Gasteiger partial charge in [0.1, 0.15) is 6.04 Å². The average molecular weight is 462 g/mol. The quantitative estimate of drug-likeness (QED) is 0.575. The molecule has 9 heteroatoms. The lowest BCUT2D eigenvalue weighted by atomic mass is 10.0. The first-order valence-corrected chi connectivity index (χ1v) is 13.1. The molecule has 2 amide bonds. The van der Waals surface area contributed by atoms with Crippen LogP contribution in [0.15, 0.2) is 54.6 Å². The number of hydrogen-bond acceptors (Lipinski definition) is 6. The van der Waals surface area contributed by atoms with E-state index >= 15 is 0 Å². The highest BCUT2D eigenvalue weighted by Gasteiger charge is 2.30. The molecule has 3 N–H and O–H groups in total. The van der Waals surface area contributed by atoms with E-state index in [1.54, 1.807) is 12.1 Å². The number of nitrogens with zero attached hydrogens (tertiary/aromatic N) is 1. The van der Waals surface area contributed by atoms with Crippen molar-refractivity contribution in [2.45, 2.75) is 6.04 Å². The van der Waals surface area contributed by atoms with Crippen LogP contribution in [0.25, 0.3) is 11.1 Å². The summed E-state index contributed by atoms with van der Waals surface area (Å²) in [5.41, 5.74) is 8.06. The summed E-state index contributed by atoms with van der Waals surface area (Å²) in [7, 11) is -3.09. The molecule has 1 heterocycles. The van der Waals surface area contributed by atoms with Crippen LogP contribution in [-0.2, 0) is 14.6 Å². The number of rotatable bonds is 8. The number of carbonyl (C=O) groups is 2. The van der Waals surface area contributed by atoms with Crippen molar-refractivity contribution in [1.29, 1.82) is 0 Å². The Bertz CT molecular complexity index is 981. The summed E-state index contributed by atoms with van der Waals surface area (Å²) in [4.78, 5) is 27.3. The number of carbonyl (C=O) groups excluding carboxylic acids is 2. The van der Waals surface area contributed by atoms with Gasteiger partial charge in [-0.05, 0) is 23.3 Å². The summed E-state index contributed by atoms with van der Waals surface area (Å²) < 4.78 is 23.3. The largest absolute Gasteiger partial charge is 0.339 e. The van der Waals surface area contributed by atoms with Gasteiger partial charge in [-0.15, -0.1) is 0 Å². The number of amides is 2. The van der Waals surface area contributed by atoms with Crippen molar-refractivity contribution < 1.29 is 18.0 Å². The molecule has 31 heavy (non-hydrogen) atoms. The zero-order valence-electron chi connectivity index (χ0n) is 17.2. The van der Waals surface area contributed by atoms with E-state index in [2.05, 4.69) is 5.32 Å². The molecule has 0 spiro atoms. The molecular formula is C22H27N3O4S2. The summed E-state index contributed by atoms with van der Waals surface area (Å²) in [6.45, 7) is 0.782. The van der Waals surface area contributed by atoms with Crippen molar-refractivity contribution in [2.24, 2.45) is 5.73 Å². The van der Waals surface area contributed by atoms with E-state index in [-0.39, 0.29) is 36.4 Å². The number of hydrogen-bond donors (Lipinski definition) is 2. The van der Waals surface area contributed by atoms with Gasteiger partial charge in [0.25, 0.3) is 5.91 Å². The van der Waals surface area contributed by atoms with Gasteiger partial charge in [0.05, 0.1) is 11.5 Å². The average Bonchev–Trinajstić information content (AvgIpc) is 2.78.